The molecule has 13 N–H and O–H groups in total. The maximum atomic E-state index is 15.1. The number of nitrogens with zero attached hydrogens (tertiary/aromatic N) is 2. The normalized spacial score (nSPS) is 16.3. The third kappa shape index (κ3) is 12.8. The number of ketones is 2. The lowest BCUT2D eigenvalue weighted by Gasteiger charge is -2.40. The fourth-order valence-corrected chi connectivity index (χ4v) is 9.26. The molecular formula is C50H59F3N8O6S. The molecule has 6 rings (SSSR count). The van der Waals surface area contributed by atoms with Crippen LogP contribution in [0.25, 0.3) is 0 Å². The summed E-state index contributed by atoms with van der Waals surface area (Å²) >= 11 is 1.19. The van der Waals surface area contributed by atoms with Gasteiger partial charge in [-0.25, -0.2) is 4.79 Å². The van der Waals surface area contributed by atoms with Crippen molar-refractivity contribution in [3.05, 3.63) is 153 Å². The first-order valence-electron chi connectivity index (χ1n) is 22.1. The van der Waals surface area contributed by atoms with E-state index < -0.39 is 58.7 Å². The lowest BCUT2D eigenvalue weighted by molar-refractivity contribution is -0.192. The first-order valence-corrected chi connectivity index (χ1v) is 22.9. The van der Waals surface area contributed by atoms with Gasteiger partial charge >= 0.3 is 12.1 Å². The highest BCUT2D eigenvalue weighted by atomic mass is 32.2. The Balaban J connectivity index is 0.00000114. The zero-order valence-corrected chi connectivity index (χ0v) is 38.8. The summed E-state index contributed by atoms with van der Waals surface area (Å²) in [5.74, 6) is -4.70. The van der Waals surface area contributed by atoms with Crippen molar-refractivity contribution in [3.8, 4) is 0 Å². The Hall–Kier alpha value is -5.99. The highest BCUT2D eigenvalue weighted by Gasteiger charge is 2.45. The van der Waals surface area contributed by atoms with E-state index in [9.17, 15) is 22.8 Å². The Morgan fingerprint density at radius 2 is 0.926 bits per heavy atom. The molecule has 2 aliphatic heterocycles. The van der Waals surface area contributed by atoms with Gasteiger partial charge in [-0.15, -0.1) is 0 Å². The van der Waals surface area contributed by atoms with Gasteiger partial charge in [-0.1, -0.05) is 109 Å². The molecule has 0 saturated heterocycles. The average Bonchev–Trinajstić information content (AvgIpc) is 3.31. The Morgan fingerprint density at radius 3 is 1.25 bits per heavy atom. The number of hydrogen-bond donors (Lipinski definition) is 7. The van der Waals surface area contributed by atoms with Crippen LogP contribution in [-0.4, -0.2) is 76.9 Å². The lowest BCUT2D eigenvalue weighted by atomic mass is 9.90. The number of aliphatic carboxylic acids is 1. The zero-order valence-electron chi connectivity index (χ0n) is 38.0. The molecule has 0 saturated carbocycles. The summed E-state index contributed by atoms with van der Waals surface area (Å²) in [5.41, 5.74) is 40.5. The van der Waals surface area contributed by atoms with Crippen LogP contribution >= 0.6 is 11.8 Å². The van der Waals surface area contributed by atoms with E-state index in [4.69, 9.17) is 44.3 Å². The molecule has 18 heteroatoms. The van der Waals surface area contributed by atoms with Gasteiger partial charge in [0.15, 0.2) is 11.6 Å². The molecule has 4 atom stereocenters. The molecule has 0 bridgehead atoms. The fraction of sp³-hybridized carbons (Fsp3) is 0.340. The van der Waals surface area contributed by atoms with Crippen LogP contribution in [0.2, 0.25) is 0 Å². The number of halogens is 3. The van der Waals surface area contributed by atoms with Gasteiger partial charge in [0.2, 0.25) is 0 Å². The van der Waals surface area contributed by atoms with Crippen molar-refractivity contribution in [2.75, 3.05) is 22.9 Å². The number of rotatable bonds is 18. The number of carbonyl (C=O) groups excluding carboxylic acids is 4. The number of Topliss-reactive ketones (excluding diaryl/α,β-unsaturated/α-hetero) is 2. The minimum Gasteiger partial charge on any atom is -0.475 e. The maximum Gasteiger partial charge on any atom is 0.490 e. The Labute approximate surface area is 397 Å². The Bertz CT molecular complexity index is 2370. The molecule has 0 unspecified atom stereocenters. The van der Waals surface area contributed by atoms with Gasteiger partial charge in [0.1, 0.15) is 11.4 Å². The van der Waals surface area contributed by atoms with Crippen molar-refractivity contribution in [2.24, 2.45) is 34.4 Å². The van der Waals surface area contributed by atoms with Gasteiger partial charge in [0, 0.05) is 22.7 Å². The first-order chi connectivity index (χ1) is 32.1. The number of nitrogens with two attached hydrogens (primary N) is 6. The summed E-state index contributed by atoms with van der Waals surface area (Å²) < 4.78 is 31.7. The third-order valence-electron chi connectivity index (χ3n) is 11.6. The molecule has 14 nitrogen and oxygen atoms in total. The molecule has 2 aliphatic rings. The standard InChI is InChI=1S/C48H58N8O4S.C2HF3O2/c1-47(53,23-13-25-49)45(59)55-37-21-11-9-19-33(37)29-39(41(55)43(57)35(51)27-31-15-5-3-6-16-31)61-40-30-34-20-10-12-22-38(34)56(46(60)48(2,54)24-14-26-50)42(40)44(58)36(52)28-32-17-7-4-8-18-32;3-2(4,5)1(6)7/h3-12,15-22,35-36H,13-14,23-30,49-54H2,1-2H3;(H,6,7)/t35-,36-,47-,48-;/m0./s1. The summed E-state index contributed by atoms with van der Waals surface area (Å²) in [6, 6.07) is 31.5. The molecule has 0 aromatic heterocycles. The zero-order chi connectivity index (χ0) is 50.0. The van der Waals surface area contributed by atoms with Gasteiger partial charge in [0.05, 0.1) is 34.5 Å². The molecule has 362 valence electrons. The van der Waals surface area contributed by atoms with Gasteiger partial charge < -0.3 is 39.5 Å². The van der Waals surface area contributed by atoms with E-state index in [0.717, 1.165) is 22.3 Å². The van der Waals surface area contributed by atoms with Crippen molar-refractivity contribution in [1.82, 2.24) is 0 Å². The monoisotopic (exact) mass is 956 g/mol. The van der Waals surface area contributed by atoms with E-state index in [0.29, 0.717) is 47.1 Å². The second-order valence-corrected chi connectivity index (χ2v) is 18.5. The molecule has 2 amide bonds. The molecule has 2 heterocycles. The number of hydrogen-bond acceptors (Lipinski definition) is 12. The minimum absolute atomic E-state index is 0.0674. The van der Waals surface area contributed by atoms with Crippen LogP contribution in [0.15, 0.2) is 130 Å². The number of anilines is 2. The minimum atomic E-state index is -5.08. The summed E-state index contributed by atoms with van der Waals surface area (Å²) in [7, 11) is 0. The van der Waals surface area contributed by atoms with E-state index in [1.54, 1.807) is 38.1 Å². The van der Waals surface area contributed by atoms with E-state index >= 15 is 9.59 Å². The number of fused-ring (bicyclic) bond motifs is 2. The number of benzene rings is 4. The maximum absolute atomic E-state index is 15.1. The SMILES string of the molecule is C[C@](N)(CCCN)C(=O)N1C(C(=O)[C@@H](N)Cc2ccccc2)=C(SC2=C(C(=O)[C@@H](N)Cc3ccccc3)N(C(=O)[C@@](C)(N)CCCN)c3ccccc3C2)Cc2ccccc21.O=C(O)C(F)(F)F. The Morgan fingerprint density at radius 1 is 0.603 bits per heavy atom. The highest BCUT2D eigenvalue weighted by molar-refractivity contribution is 8.06. The molecule has 0 fully saturated rings. The number of carboxylic acid groups (broad SMARTS) is 1. The molecule has 4 aromatic carbocycles. The van der Waals surface area contributed by atoms with Crippen molar-refractivity contribution >= 4 is 52.5 Å². The second kappa shape index (κ2) is 22.9. The third-order valence-corrected chi connectivity index (χ3v) is 12.7. The van der Waals surface area contributed by atoms with Crippen molar-refractivity contribution in [2.45, 2.75) is 94.6 Å². The van der Waals surface area contributed by atoms with E-state index in [1.165, 1.54) is 21.6 Å². The molecule has 4 aromatic rings. The van der Waals surface area contributed by atoms with Crippen molar-refractivity contribution in [3.63, 3.8) is 0 Å². The predicted molar refractivity (Wildman–Crippen MR) is 259 cm³/mol. The van der Waals surface area contributed by atoms with Crippen molar-refractivity contribution < 1.29 is 42.3 Å². The predicted octanol–water partition coefficient (Wildman–Crippen LogP) is 5.15. The summed E-state index contributed by atoms with van der Waals surface area (Å²) in [6.07, 6.45) is -2.76. The van der Waals surface area contributed by atoms with Crippen LogP contribution in [0.4, 0.5) is 24.5 Å². The molecule has 0 spiro atoms. The number of alkyl halides is 3. The largest absolute Gasteiger partial charge is 0.490 e. The van der Waals surface area contributed by atoms with Gasteiger partial charge in [-0.3, -0.25) is 29.0 Å². The first kappa shape index (κ1) is 53.0. The molecule has 0 aliphatic carbocycles. The number of carboxylic acids is 1. The van der Waals surface area contributed by atoms with E-state index in [2.05, 4.69) is 0 Å². The van der Waals surface area contributed by atoms with E-state index in [-0.39, 0.29) is 49.9 Å². The summed E-state index contributed by atoms with van der Waals surface area (Å²) in [4.78, 5) is 72.7. The second-order valence-electron chi connectivity index (χ2n) is 17.3. The molecule has 68 heavy (non-hydrogen) atoms. The van der Waals surface area contributed by atoms with Crippen LogP contribution in [0.3, 0.4) is 0 Å². The summed E-state index contributed by atoms with van der Waals surface area (Å²) in [5, 5.41) is 7.12. The average molecular weight is 957 g/mol. The Kier molecular flexibility index (Phi) is 17.8. The lowest BCUT2D eigenvalue weighted by Crippen LogP contribution is -2.56. The van der Waals surface area contributed by atoms with Crippen LogP contribution in [0.5, 0.6) is 0 Å². The molecular weight excluding hydrogens is 898 g/mol. The number of allylic oxidation sites excluding steroid dienone is 2. The van der Waals surface area contributed by atoms with Crippen LogP contribution in [-0.2, 0) is 49.7 Å². The fourth-order valence-electron chi connectivity index (χ4n) is 7.93. The number of amides is 2. The van der Waals surface area contributed by atoms with Crippen LogP contribution < -0.4 is 44.2 Å². The smallest absolute Gasteiger partial charge is 0.475 e. The van der Waals surface area contributed by atoms with Gasteiger partial charge in [0.25, 0.3) is 11.8 Å². The number of para-hydroxylation sites is 2. The van der Waals surface area contributed by atoms with Gasteiger partial charge in [-0.2, -0.15) is 13.2 Å². The highest BCUT2D eigenvalue weighted by Crippen LogP contribution is 2.47. The van der Waals surface area contributed by atoms with Gasteiger partial charge in [-0.05, 0) is 99.8 Å². The summed E-state index contributed by atoms with van der Waals surface area (Å²) in [6.45, 7) is 3.93. The topological polar surface area (TPSA) is 268 Å². The van der Waals surface area contributed by atoms with Crippen molar-refractivity contribution in [1.29, 1.82) is 0 Å². The quantitative estimate of drug-likeness (QED) is 0.0682. The van der Waals surface area contributed by atoms with Crippen LogP contribution in [0, 0.1) is 0 Å². The number of carbonyl (C=O) groups is 5. The molecule has 0 radical (unpaired) electrons. The van der Waals surface area contributed by atoms with Crippen LogP contribution in [0.1, 0.15) is 61.8 Å². The van der Waals surface area contributed by atoms with E-state index in [1.807, 2.05) is 84.9 Å². The number of thioether (sulfide) groups is 1.